The zero-order valence-corrected chi connectivity index (χ0v) is 18.0. The molecule has 1 aromatic heterocycles. The number of carboxylic acid groups (broad SMARTS) is 1. The van der Waals surface area contributed by atoms with Crippen molar-refractivity contribution in [3.05, 3.63) is 89.0 Å². The van der Waals surface area contributed by atoms with Crippen molar-refractivity contribution >= 4 is 5.97 Å². The van der Waals surface area contributed by atoms with Crippen LogP contribution in [0.25, 0.3) is 0 Å². The van der Waals surface area contributed by atoms with Crippen molar-refractivity contribution in [1.82, 2.24) is 14.9 Å². The largest absolute Gasteiger partial charge is 0.489 e. The summed E-state index contributed by atoms with van der Waals surface area (Å²) in [5.41, 5.74) is 5.53. The Balaban J connectivity index is 1.34. The number of benzene rings is 2. The third kappa shape index (κ3) is 5.51. The van der Waals surface area contributed by atoms with Crippen LogP contribution in [-0.4, -0.2) is 25.9 Å². The van der Waals surface area contributed by atoms with Crippen LogP contribution in [0.2, 0.25) is 0 Å². The minimum absolute atomic E-state index is 0.0114. The van der Waals surface area contributed by atoms with Gasteiger partial charge in [-0.2, -0.15) is 0 Å². The highest BCUT2D eigenvalue weighted by Crippen LogP contribution is 2.24. The standard InChI is InChI=1S/C26H25N3O3/c1-2-4-22(12-26(30)31)21-7-9-24(10-8-21)32-17-20-6-3-5-19(11-20)14-29-15-23-13-27-18-28-25(23)16-29/h3,5-11,13,18,22H,12,14-17H2,1H3,(H,30,31). The van der Waals surface area contributed by atoms with E-state index in [0.717, 1.165) is 42.2 Å². The molecule has 3 aromatic rings. The smallest absolute Gasteiger partial charge is 0.304 e. The fraction of sp³-hybridized carbons (Fsp3) is 0.269. The predicted octanol–water partition coefficient (Wildman–Crippen LogP) is 4.15. The van der Waals surface area contributed by atoms with Crippen molar-refractivity contribution in [3.63, 3.8) is 0 Å². The number of aromatic nitrogens is 2. The number of ether oxygens (including phenoxy) is 1. The summed E-state index contributed by atoms with van der Waals surface area (Å²) in [7, 11) is 0. The van der Waals surface area contributed by atoms with Gasteiger partial charge in [-0.25, -0.2) is 9.97 Å². The van der Waals surface area contributed by atoms with Gasteiger partial charge in [-0.05, 0) is 35.7 Å². The number of carboxylic acids is 1. The molecule has 32 heavy (non-hydrogen) atoms. The average Bonchev–Trinajstić information content (AvgIpc) is 3.20. The maximum Gasteiger partial charge on any atom is 0.304 e. The number of hydrogen-bond acceptors (Lipinski definition) is 5. The van der Waals surface area contributed by atoms with Crippen LogP contribution in [0.4, 0.5) is 0 Å². The van der Waals surface area contributed by atoms with Crippen LogP contribution in [0.3, 0.4) is 0 Å². The lowest BCUT2D eigenvalue weighted by Crippen LogP contribution is -2.15. The monoisotopic (exact) mass is 427 g/mol. The molecule has 0 spiro atoms. The number of aliphatic carboxylic acids is 1. The Morgan fingerprint density at radius 1 is 1.19 bits per heavy atom. The molecular weight excluding hydrogens is 402 g/mol. The van der Waals surface area contributed by atoms with Crippen LogP contribution in [0.5, 0.6) is 5.75 Å². The normalized spacial score (nSPS) is 13.7. The fourth-order valence-electron chi connectivity index (χ4n) is 3.92. The van der Waals surface area contributed by atoms with Crippen LogP contribution >= 0.6 is 0 Å². The maximum atomic E-state index is 11.1. The van der Waals surface area contributed by atoms with Crippen LogP contribution < -0.4 is 4.74 Å². The van der Waals surface area contributed by atoms with Crippen molar-refractivity contribution in [2.24, 2.45) is 0 Å². The SMILES string of the molecule is CC#CC(CC(=O)O)c1ccc(OCc2cccc(CN3Cc4cncnc4C3)c2)cc1. The van der Waals surface area contributed by atoms with Gasteiger partial charge in [0.2, 0.25) is 0 Å². The van der Waals surface area contributed by atoms with Crippen molar-refractivity contribution in [3.8, 4) is 17.6 Å². The minimum Gasteiger partial charge on any atom is -0.489 e. The molecule has 0 fully saturated rings. The first kappa shape index (κ1) is 21.5. The Bertz CT molecular complexity index is 1120. The molecular formula is C26H25N3O3. The molecule has 6 nitrogen and oxygen atoms in total. The highest BCUT2D eigenvalue weighted by molar-refractivity contribution is 5.69. The lowest BCUT2D eigenvalue weighted by molar-refractivity contribution is -0.137. The molecule has 0 saturated carbocycles. The van der Waals surface area contributed by atoms with Crippen LogP contribution in [-0.2, 0) is 31.0 Å². The second-order valence-electron chi connectivity index (χ2n) is 7.86. The highest BCUT2D eigenvalue weighted by Gasteiger charge is 2.20. The van der Waals surface area contributed by atoms with Gasteiger partial charge >= 0.3 is 5.97 Å². The first-order valence-electron chi connectivity index (χ1n) is 10.6. The quantitative estimate of drug-likeness (QED) is 0.544. The van der Waals surface area contributed by atoms with E-state index in [1.165, 1.54) is 11.1 Å². The van der Waals surface area contributed by atoms with E-state index in [9.17, 15) is 4.79 Å². The molecule has 0 amide bonds. The van der Waals surface area contributed by atoms with E-state index in [0.29, 0.717) is 6.61 Å². The van der Waals surface area contributed by atoms with E-state index < -0.39 is 5.97 Å². The lowest BCUT2D eigenvalue weighted by atomic mass is 9.96. The van der Waals surface area contributed by atoms with Gasteiger partial charge in [0.05, 0.1) is 18.0 Å². The van der Waals surface area contributed by atoms with Crippen LogP contribution in [0, 0.1) is 11.8 Å². The second kappa shape index (κ2) is 10.1. The zero-order valence-electron chi connectivity index (χ0n) is 18.0. The lowest BCUT2D eigenvalue weighted by Gasteiger charge is -2.15. The third-order valence-electron chi connectivity index (χ3n) is 5.43. The molecule has 1 atom stereocenters. The van der Waals surface area contributed by atoms with E-state index in [1.54, 1.807) is 13.3 Å². The number of rotatable bonds is 8. The molecule has 6 heteroatoms. The Hall–Kier alpha value is -3.69. The molecule has 0 radical (unpaired) electrons. The third-order valence-corrected chi connectivity index (χ3v) is 5.43. The number of carbonyl (C=O) groups is 1. The van der Waals surface area contributed by atoms with Crippen LogP contribution in [0.15, 0.2) is 61.1 Å². The zero-order chi connectivity index (χ0) is 22.3. The van der Waals surface area contributed by atoms with E-state index in [4.69, 9.17) is 9.84 Å². The molecule has 0 aliphatic carbocycles. The van der Waals surface area contributed by atoms with Crippen molar-refractivity contribution in [2.75, 3.05) is 0 Å². The molecule has 4 rings (SSSR count). The maximum absolute atomic E-state index is 11.1. The van der Waals surface area contributed by atoms with Gasteiger partial charge in [-0.1, -0.05) is 42.3 Å². The van der Waals surface area contributed by atoms with E-state index in [-0.39, 0.29) is 12.3 Å². The summed E-state index contributed by atoms with van der Waals surface area (Å²) in [5, 5.41) is 9.09. The van der Waals surface area contributed by atoms with Gasteiger partial charge in [0.25, 0.3) is 0 Å². The number of nitrogens with zero attached hydrogens (tertiary/aromatic N) is 3. The Morgan fingerprint density at radius 2 is 2.00 bits per heavy atom. The van der Waals surface area contributed by atoms with Gasteiger partial charge in [-0.15, -0.1) is 5.92 Å². The Morgan fingerprint density at radius 3 is 2.75 bits per heavy atom. The molecule has 2 aromatic carbocycles. The van der Waals surface area contributed by atoms with E-state index in [1.807, 2.05) is 30.5 Å². The number of hydrogen-bond donors (Lipinski definition) is 1. The van der Waals surface area contributed by atoms with Crippen molar-refractivity contribution in [1.29, 1.82) is 0 Å². The topological polar surface area (TPSA) is 75.6 Å². The van der Waals surface area contributed by atoms with E-state index >= 15 is 0 Å². The Labute approximate surface area is 187 Å². The molecule has 1 unspecified atom stereocenters. The molecule has 2 heterocycles. The van der Waals surface area contributed by atoms with Gasteiger partial charge < -0.3 is 9.84 Å². The predicted molar refractivity (Wildman–Crippen MR) is 121 cm³/mol. The second-order valence-corrected chi connectivity index (χ2v) is 7.86. The first-order valence-corrected chi connectivity index (χ1v) is 10.6. The molecule has 1 aliphatic rings. The summed E-state index contributed by atoms with van der Waals surface area (Å²) in [4.78, 5) is 21.9. The van der Waals surface area contributed by atoms with Crippen molar-refractivity contribution in [2.45, 2.75) is 45.5 Å². The van der Waals surface area contributed by atoms with Crippen LogP contribution in [0.1, 0.15) is 47.2 Å². The van der Waals surface area contributed by atoms with Gasteiger partial charge in [0, 0.05) is 31.4 Å². The summed E-state index contributed by atoms with van der Waals surface area (Å²) < 4.78 is 5.96. The van der Waals surface area contributed by atoms with Gasteiger partial charge in [-0.3, -0.25) is 9.69 Å². The number of fused-ring (bicyclic) bond motifs is 1. The van der Waals surface area contributed by atoms with Crippen molar-refractivity contribution < 1.29 is 14.6 Å². The van der Waals surface area contributed by atoms with E-state index in [2.05, 4.69) is 51.0 Å². The molecule has 1 aliphatic heterocycles. The molecule has 0 saturated heterocycles. The first-order chi connectivity index (χ1) is 15.6. The van der Waals surface area contributed by atoms with Gasteiger partial charge in [0.1, 0.15) is 18.7 Å². The Kier molecular flexibility index (Phi) is 6.78. The molecule has 162 valence electrons. The summed E-state index contributed by atoms with van der Waals surface area (Å²) in [6.45, 7) is 4.75. The minimum atomic E-state index is -0.858. The van der Waals surface area contributed by atoms with Gasteiger partial charge in [0.15, 0.2) is 0 Å². The summed E-state index contributed by atoms with van der Waals surface area (Å²) in [6, 6.07) is 15.9. The average molecular weight is 428 g/mol. The summed E-state index contributed by atoms with van der Waals surface area (Å²) in [5.74, 6) is 5.35. The highest BCUT2D eigenvalue weighted by atomic mass is 16.5. The molecule has 1 N–H and O–H groups in total. The summed E-state index contributed by atoms with van der Waals surface area (Å²) >= 11 is 0. The fourth-order valence-corrected chi connectivity index (χ4v) is 3.92. The summed E-state index contributed by atoms with van der Waals surface area (Å²) in [6.07, 6.45) is 3.50. The molecule has 0 bridgehead atoms.